The molecule has 9 rings (SSSR count). The van der Waals surface area contributed by atoms with E-state index in [1.165, 1.54) is 11.0 Å². The number of rotatable bonds is 5. The minimum atomic E-state index is -2.50. The van der Waals surface area contributed by atoms with Gasteiger partial charge in [0.2, 0.25) is 0 Å². The Labute approximate surface area is 255 Å². The molecule has 6 aliphatic rings. The molecule has 0 aliphatic carbocycles. The first-order chi connectivity index (χ1) is 22.4. The van der Waals surface area contributed by atoms with Gasteiger partial charge in [-0.25, -0.2) is 8.78 Å². The number of ether oxygens (including phenoxy) is 1. The van der Waals surface area contributed by atoms with Gasteiger partial charge in [0.15, 0.2) is 0 Å². The summed E-state index contributed by atoms with van der Waals surface area (Å²) in [5.41, 5.74) is 0.661. The molecule has 6 aliphatic heterocycles. The van der Waals surface area contributed by atoms with E-state index in [4.69, 9.17) is 26.6 Å². The van der Waals surface area contributed by atoms with Gasteiger partial charge in [-0.05, 0) is 56.1 Å². The highest BCUT2D eigenvalue weighted by Gasteiger charge is 2.49. The molecule has 0 spiro atoms. The molecule has 7 heterocycles. The van der Waals surface area contributed by atoms with Gasteiger partial charge in [-0.2, -0.15) is 9.97 Å². The summed E-state index contributed by atoms with van der Waals surface area (Å²) in [7, 11) is 0. The first-order valence-electron chi connectivity index (χ1n) is 17.1. The quantitative estimate of drug-likeness (QED) is 0.434. The zero-order chi connectivity index (χ0) is 32.9. The highest BCUT2D eigenvalue weighted by atomic mass is 19.1. The Morgan fingerprint density at radius 2 is 2.19 bits per heavy atom. The lowest BCUT2D eigenvalue weighted by atomic mass is 9.92. The van der Waals surface area contributed by atoms with Crippen LogP contribution in [0.2, 0.25) is 0 Å². The van der Waals surface area contributed by atoms with Crippen LogP contribution >= 0.6 is 0 Å². The predicted molar refractivity (Wildman–Crippen MR) is 161 cm³/mol. The number of piperazine rings is 1. The molecule has 43 heavy (non-hydrogen) atoms. The van der Waals surface area contributed by atoms with Crippen LogP contribution in [0.15, 0.2) is 24.3 Å². The van der Waals surface area contributed by atoms with Crippen molar-refractivity contribution in [2.45, 2.75) is 68.9 Å². The molecule has 1 aromatic heterocycles. The van der Waals surface area contributed by atoms with Gasteiger partial charge in [0.05, 0.1) is 26.1 Å². The van der Waals surface area contributed by atoms with E-state index in [2.05, 4.69) is 16.1 Å². The predicted octanol–water partition coefficient (Wildman–Crippen LogP) is 3.91. The van der Waals surface area contributed by atoms with Gasteiger partial charge in [0, 0.05) is 70.1 Å². The number of terminal acetylenes is 1. The fourth-order valence-corrected chi connectivity index (χ4v) is 7.69. The maximum Gasteiger partial charge on any atom is 0.318 e. The van der Waals surface area contributed by atoms with Crippen molar-refractivity contribution < 1.29 is 24.1 Å². The molecule has 0 saturated carbocycles. The normalized spacial score (nSPS) is 31.1. The fourth-order valence-electron chi connectivity index (χ4n) is 7.69. The molecule has 2 bridgehead atoms. The van der Waals surface area contributed by atoms with Gasteiger partial charge in [0.25, 0.3) is 0 Å². The Kier molecular flexibility index (Phi) is 5.41. The van der Waals surface area contributed by atoms with Crippen molar-refractivity contribution in [2.75, 3.05) is 49.0 Å². The molecule has 5 saturated heterocycles. The van der Waals surface area contributed by atoms with Crippen LogP contribution in [0.3, 0.4) is 0 Å². The second kappa shape index (κ2) is 10.2. The van der Waals surface area contributed by atoms with E-state index in [1.54, 1.807) is 18.2 Å². The van der Waals surface area contributed by atoms with E-state index in [9.17, 15) is 13.9 Å². The highest BCUT2D eigenvalue weighted by molar-refractivity contribution is 6.00. The van der Waals surface area contributed by atoms with Crippen LogP contribution in [-0.4, -0.2) is 83.0 Å². The van der Waals surface area contributed by atoms with E-state index in [-0.39, 0.29) is 55.7 Å². The van der Waals surface area contributed by atoms with Gasteiger partial charge in [-0.15, -0.1) is 6.42 Å². The Hall–Kier alpha value is -3.68. The van der Waals surface area contributed by atoms with Crippen LogP contribution in [0.4, 0.5) is 20.3 Å². The van der Waals surface area contributed by atoms with Crippen LogP contribution in [0, 0.1) is 18.2 Å². The molecule has 4 atom stereocenters. The lowest BCUT2D eigenvalue weighted by Gasteiger charge is -2.47. The summed E-state index contributed by atoms with van der Waals surface area (Å²) in [6.45, 7) is -2.30. The van der Waals surface area contributed by atoms with Crippen molar-refractivity contribution in [3.63, 3.8) is 0 Å². The Bertz CT molecular complexity index is 1820. The first kappa shape index (κ1) is 22.8. The molecule has 8 nitrogen and oxygen atoms in total. The minimum absolute atomic E-state index is 0.00767. The number of piperidine rings is 2. The largest absolute Gasteiger partial charge is 0.508 e. The van der Waals surface area contributed by atoms with E-state index in [0.717, 1.165) is 31.5 Å². The number of anilines is 2. The first-order valence-corrected chi connectivity index (χ1v) is 15.1. The number of halogens is 2. The van der Waals surface area contributed by atoms with Crippen LogP contribution < -0.4 is 19.9 Å². The van der Waals surface area contributed by atoms with Crippen molar-refractivity contribution in [3.8, 4) is 24.1 Å². The molecule has 2 unspecified atom stereocenters. The lowest BCUT2D eigenvalue weighted by Crippen LogP contribution is -2.61. The smallest absolute Gasteiger partial charge is 0.318 e. The van der Waals surface area contributed by atoms with Crippen molar-refractivity contribution >= 4 is 22.3 Å². The summed E-state index contributed by atoms with van der Waals surface area (Å²) < 4.78 is 70.9. The number of alkyl halides is 1. The van der Waals surface area contributed by atoms with E-state index in [1.807, 2.05) is 4.90 Å². The van der Waals surface area contributed by atoms with Crippen molar-refractivity contribution in [1.29, 1.82) is 0 Å². The van der Waals surface area contributed by atoms with Gasteiger partial charge in [-0.1, -0.05) is 12.0 Å². The average Bonchev–Trinajstić information content (AvgIpc) is 3.54. The molecular formula is C33H36F2N6O2. The summed E-state index contributed by atoms with van der Waals surface area (Å²) >= 11 is 0. The summed E-state index contributed by atoms with van der Waals surface area (Å²) in [6.07, 6.45) is 6.90. The van der Waals surface area contributed by atoms with E-state index >= 15 is 0 Å². The standard InChI is InChI=1S/C33H36F2N6O2/c1-2-25-27(35)7-4-20-12-24(42)13-29(30(20)25)39-11-8-26-28(18-39)37-32(38-31(26)41-17-22-5-6-23(41)15-36-22)43-19-33-9-3-10-40(33)16-21(34)14-33/h1,4,7,12-13,21-23,36,42H,3,5-6,8-11,14-19H2/t21-,22?,23?,33+/m1/s1/i10D2,19D2. The number of phenols is 1. The molecule has 224 valence electrons. The number of benzene rings is 2. The topological polar surface area (TPSA) is 77.0 Å². The third-order valence-electron chi connectivity index (χ3n) is 9.79. The Balaban J connectivity index is 1.21. The number of aromatic nitrogens is 2. The van der Waals surface area contributed by atoms with Crippen LogP contribution in [0.25, 0.3) is 10.8 Å². The molecule has 5 fully saturated rings. The molecule has 0 radical (unpaired) electrons. The summed E-state index contributed by atoms with van der Waals surface area (Å²) in [6, 6.07) is 6.28. The molecule has 3 aromatic rings. The van der Waals surface area contributed by atoms with Crippen LogP contribution in [-0.2, 0) is 13.0 Å². The molecule has 10 heteroatoms. The number of nitrogens with zero attached hydrogens (tertiary/aromatic N) is 5. The molecule has 2 aromatic carbocycles. The zero-order valence-electron chi connectivity index (χ0n) is 27.7. The maximum atomic E-state index is 14.9. The highest BCUT2D eigenvalue weighted by Crippen LogP contribution is 2.42. The number of hydrogen-bond donors (Lipinski definition) is 2. The Morgan fingerprint density at radius 3 is 2.98 bits per heavy atom. The number of hydrogen-bond acceptors (Lipinski definition) is 8. The maximum absolute atomic E-state index is 14.9. The fraction of sp³-hybridized carbons (Fsp3) is 0.515. The second-order valence-corrected chi connectivity index (χ2v) is 12.4. The minimum Gasteiger partial charge on any atom is -0.508 e. The van der Waals surface area contributed by atoms with Gasteiger partial charge < -0.3 is 25.0 Å². The number of phenolic OH excluding ortho intramolecular Hbond substituents is 1. The van der Waals surface area contributed by atoms with Gasteiger partial charge in [0.1, 0.15) is 30.1 Å². The number of nitrogens with one attached hydrogen (secondary N) is 1. The summed E-state index contributed by atoms with van der Waals surface area (Å²) in [4.78, 5) is 15.1. The summed E-state index contributed by atoms with van der Waals surface area (Å²) in [5, 5.41) is 15.3. The zero-order valence-corrected chi connectivity index (χ0v) is 23.7. The second-order valence-electron chi connectivity index (χ2n) is 12.4. The van der Waals surface area contributed by atoms with Crippen LogP contribution in [0.5, 0.6) is 11.8 Å². The average molecular weight is 591 g/mol. The monoisotopic (exact) mass is 590 g/mol. The summed E-state index contributed by atoms with van der Waals surface area (Å²) in [5.74, 6) is 2.62. The van der Waals surface area contributed by atoms with Crippen LogP contribution in [0.1, 0.15) is 54.4 Å². The molecule has 0 amide bonds. The molecule has 2 N–H and O–H groups in total. The Morgan fingerprint density at radius 1 is 1.28 bits per heavy atom. The van der Waals surface area contributed by atoms with Crippen molar-refractivity contribution in [3.05, 3.63) is 46.9 Å². The van der Waals surface area contributed by atoms with E-state index in [0.29, 0.717) is 47.0 Å². The lowest BCUT2D eigenvalue weighted by molar-refractivity contribution is 0.107. The SMILES string of the molecule is [2H]C1([2H])CC[C@@]2(C([2H])([2H])Oc3nc4c(c(N5CC6CCC5CN6)n3)CCN(c3cc(O)cc5ccc(F)c(C#C)c35)C4)C[C@@H](F)CN12. The third kappa shape index (κ3) is 4.47. The number of aromatic hydroxyl groups is 1. The van der Waals surface area contributed by atoms with E-state index < -0.39 is 30.6 Å². The number of fused-ring (bicyclic) bond motifs is 6. The van der Waals surface area contributed by atoms with Crippen molar-refractivity contribution in [2.24, 2.45) is 0 Å². The van der Waals surface area contributed by atoms with Gasteiger partial charge >= 0.3 is 6.01 Å². The van der Waals surface area contributed by atoms with Crippen molar-refractivity contribution in [1.82, 2.24) is 20.2 Å². The third-order valence-corrected chi connectivity index (χ3v) is 9.79. The van der Waals surface area contributed by atoms with Gasteiger partial charge in [-0.3, -0.25) is 4.90 Å². The molecular weight excluding hydrogens is 550 g/mol.